The van der Waals surface area contributed by atoms with Gasteiger partial charge in [-0.3, -0.25) is 4.79 Å². The quantitative estimate of drug-likeness (QED) is 0.591. The van der Waals surface area contributed by atoms with Crippen LogP contribution in [0.4, 0.5) is 0 Å². The van der Waals surface area contributed by atoms with E-state index in [1.165, 1.54) is 7.11 Å². The van der Waals surface area contributed by atoms with Crippen LogP contribution in [0.5, 0.6) is 0 Å². The molecule has 1 aliphatic rings. The number of esters is 1. The summed E-state index contributed by atoms with van der Waals surface area (Å²) in [7, 11) is 1.37. The van der Waals surface area contributed by atoms with Crippen LogP contribution in [0.15, 0.2) is 24.3 Å². The zero-order chi connectivity index (χ0) is 13.8. The number of ether oxygens (including phenoxy) is 1. The fourth-order valence-electron chi connectivity index (χ4n) is 2.34. The molecule has 5 heteroatoms. The molecular weight excluding hydrogens is 357 g/mol. The molecule has 1 aliphatic heterocycles. The number of halogens is 1. The number of carbonyl (C=O) groups excluding carboxylic acids is 2. The zero-order valence-corrected chi connectivity index (χ0v) is 12.9. The third-order valence-electron chi connectivity index (χ3n) is 3.31. The molecular formula is C14H16INO3. The number of methoxy groups -OCH3 is 1. The first-order valence-corrected chi connectivity index (χ1v) is 7.35. The van der Waals surface area contributed by atoms with Gasteiger partial charge in [0.15, 0.2) is 0 Å². The maximum Gasteiger partial charge on any atom is 0.328 e. The predicted octanol–water partition coefficient (Wildman–Crippen LogP) is 2.46. The molecule has 1 atom stereocenters. The highest BCUT2D eigenvalue weighted by Gasteiger charge is 2.33. The van der Waals surface area contributed by atoms with Gasteiger partial charge in [-0.1, -0.05) is 6.07 Å². The van der Waals surface area contributed by atoms with Gasteiger partial charge in [0, 0.05) is 15.7 Å². The Morgan fingerprint density at radius 1 is 1.37 bits per heavy atom. The third-order valence-corrected chi connectivity index (χ3v) is 3.98. The molecule has 19 heavy (non-hydrogen) atoms. The third kappa shape index (κ3) is 3.26. The normalized spacial score (nSPS) is 19.1. The molecule has 0 unspecified atom stereocenters. The summed E-state index contributed by atoms with van der Waals surface area (Å²) in [6.45, 7) is 0.615. The Labute approximate surface area is 126 Å². The van der Waals surface area contributed by atoms with Crippen LogP contribution in [0.3, 0.4) is 0 Å². The molecule has 1 heterocycles. The Hall–Kier alpha value is -1.11. The molecule has 0 radical (unpaired) electrons. The lowest BCUT2D eigenvalue weighted by Gasteiger charge is -2.33. The molecule has 0 bridgehead atoms. The Kier molecular flexibility index (Phi) is 4.79. The van der Waals surface area contributed by atoms with Gasteiger partial charge in [-0.2, -0.15) is 0 Å². The number of nitrogens with zero attached hydrogens (tertiary/aromatic N) is 1. The van der Waals surface area contributed by atoms with Crippen LogP contribution in [0.1, 0.15) is 29.6 Å². The Bertz CT molecular complexity index is 489. The second-order valence-electron chi connectivity index (χ2n) is 4.54. The Morgan fingerprint density at radius 3 is 2.84 bits per heavy atom. The summed E-state index contributed by atoms with van der Waals surface area (Å²) in [5.41, 5.74) is 0.628. The second kappa shape index (κ2) is 6.36. The highest BCUT2D eigenvalue weighted by atomic mass is 127. The molecule has 4 nitrogen and oxygen atoms in total. The second-order valence-corrected chi connectivity index (χ2v) is 5.79. The molecule has 1 amide bonds. The van der Waals surface area contributed by atoms with Crippen LogP contribution in [-0.2, 0) is 9.53 Å². The van der Waals surface area contributed by atoms with E-state index < -0.39 is 6.04 Å². The summed E-state index contributed by atoms with van der Waals surface area (Å²) in [5, 5.41) is 0. The van der Waals surface area contributed by atoms with E-state index in [2.05, 4.69) is 22.6 Å². The number of amides is 1. The van der Waals surface area contributed by atoms with Crippen LogP contribution in [0, 0.1) is 3.57 Å². The van der Waals surface area contributed by atoms with Crippen molar-refractivity contribution in [1.29, 1.82) is 0 Å². The van der Waals surface area contributed by atoms with Crippen LogP contribution in [0.2, 0.25) is 0 Å². The van der Waals surface area contributed by atoms with Crippen molar-refractivity contribution in [3.8, 4) is 0 Å². The summed E-state index contributed by atoms with van der Waals surface area (Å²) in [6.07, 6.45) is 2.57. The van der Waals surface area contributed by atoms with Crippen LogP contribution < -0.4 is 0 Å². The van der Waals surface area contributed by atoms with Crippen molar-refractivity contribution in [1.82, 2.24) is 4.90 Å². The predicted molar refractivity (Wildman–Crippen MR) is 79.9 cm³/mol. The Balaban J connectivity index is 2.22. The van der Waals surface area contributed by atoms with Crippen molar-refractivity contribution < 1.29 is 14.3 Å². The number of hydrogen-bond donors (Lipinski definition) is 0. The highest BCUT2D eigenvalue weighted by Crippen LogP contribution is 2.21. The molecule has 0 spiro atoms. The van der Waals surface area contributed by atoms with Crippen LogP contribution in [0.25, 0.3) is 0 Å². The maximum absolute atomic E-state index is 12.5. The molecule has 1 aromatic rings. The van der Waals surface area contributed by atoms with Gasteiger partial charge in [0.05, 0.1) is 7.11 Å². The van der Waals surface area contributed by atoms with Gasteiger partial charge in [0.25, 0.3) is 5.91 Å². The fourth-order valence-corrected chi connectivity index (χ4v) is 2.89. The summed E-state index contributed by atoms with van der Waals surface area (Å²) < 4.78 is 5.80. The summed E-state index contributed by atoms with van der Waals surface area (Å²) in [6, 6.07) is 6.97. The van der Waals surface area contributed by atoms with Gasteiger partial charge in [-0.15, -0.1) is 0 Å². The van der Waals surface area contributed by atoms with Crippen LogP contribution >= 0.6 is 22.6 Å². The minimum Gasteiger partial charge on any atom is -0.467 e. The van der Waals surface area contributed by atoms with Crippen molar-refractivity contribution in [2.75, 3.05) is 13.7 Å². The van der Waals surface area contributed by atoms with Gasteiger partial charge in [0.2, 0.25) is 0 Å². The van der Waals surface area contributed by atoms with E-state index in [9.17, 15) is 9.59 Å². The van der Waals surface area contributed by atoms with Crippen molar-refractivity contribution in [3.63, 3.8) is 0 Å². The lowest BCUT2D eigenvalue weighted by Crippen LogP contribution is -2.48. The van der Waals surface area contributed by atoms with E-state index in [-0.39, 0.29) is 11.9 Å². The van der Waals surface area contributed by atoms with Crippen molar-refractivity contribution in [3.05, 3.63) is 33.4 Å². The lowest BCUT2D eigenvalue weighted by molar-refractivity contribution is -0.147. The van der Waals surface area contributed by atoms with E-state index in [0.29, 0.717) is 18.5 Å². The number of likely N-dealkylation sites (tertiary alicyclic amines) is 1. The average molecular weight is 373 g/mol. The maximum atomic E-state index is 12.5. The van der Waals surface area contributed by atoms with Gasteiger partial charge in [-0.05, 0) is 60.1 Å². The summed E-state index contributed by atoms with van der Waals surface area (Å²) >= 11 is 2.17. The molecule has 0 aliphatic carbocycles. The van der Waals surface area contributed by atoms with Crippen molar-refractivity contribution in [2.24, 2.45) is 0 Å². The smallest absolute Gasteiger partial charge is 0.328 e. The molecule has 2 rings (SSSR count). The highest BCUT2D eigenvalue weighted by molar-refractivity contribution is 14.1. The number of carbonyl (C=O) groups is 2. The van der Waals surface area contributed by atoms with Crippen LogP contribution in [-0.4, -0.2) is 36.5 Å². The van der Waals surface area contributed by atoms with Gasteiger partial charge in [-0.25, -0.2) is 4.79 Å². The van der Waals surface area contributed by atoms with Gasteiger partial charge in [0.1, 0.15) is 6.04 Å². The topological polar surface area (TPSA) is 46.6 Å². The molecule has 0 N–H and O–H groups in total. The standard InChI is InChI=1S/C14H16INO3/c1-19-14(18)12-7-2-3-8-16(12)13(17)10-5-4-6-11(15)9-10/h4-6,9,12H,2-3,7-8H2,1H3/t12-/m1/s1. The van der Waals surface area contributed by atoms with E-state index in [1.54, 1.807) is 11.0 Å². The summed E-state index contributed by atoms with van der Waals surface area (Å²) in [5.74, 6) is -0.410. The number of piperidine rings is 1. The molecule has 102 valence electrons. The first-order chi connectivity index (χ1) is 9.13. The largest absolute Gasteiger partial charge is 0.467 e. The minimum absolute atomic E-state index is 0.0892. The number of hydrogen-bond acceptors (Lipinski definition) is 3. The average Bonchev–Trinajstić information content (AvgIpc) is 2.45. The molecule has 1 aromatic carbocycles. The molecule has 1 fully saturated rings. The van der Waals surface area contributed by atoms with Gasteiger partial charge >= 0.3 is 5.97 Å². The van der Waals surface area contributed by atoms with Gasteiger partial charge < -0.3 is 9.64 Å². The Morgan fingerprint density at radius 2 is 2.16 bits per heavy atom. The first kappa shape index (κ1) is 14.3. The molecule has 1 saturated heterocycles. The summed E-state index contributed by atoms with van der Waals surface area (Å²) in [4.78, 5) is 25.9. The van der Waals surface area contributed by atoms with Crippen molar-refractivity contribution >= 4 is 34.5 Å². The number of benzene rings is 1. The van der Waals surface area contributed by atoms with E-state index in [4.69, 9.17) is 4.74 Å². The monoisotopic (exact) mass is 373 g/mol. The van der Waals surface area contributed by atoms with E-state index in [0.717, 1.165) is 16.4 Å². The zero-order valence-electron chi connectivity index (χ0n) is 10.8. The number of rotatable bonds is 2. The molecule has 0 aromatic heterocycles. The SMILES string of the molecule is COC(=O)[C@H]1CCCCN1C(=O)c1cccc(I)c1. The van der Waals surface area contributed by atoms with E-state index >= 15 is 0 Å². The molecule has 0 saturated carbocycles. The first-order valence-electron chi connectivity index (χ1n) is 6.28. The van der Waals surface area contributed by atoms with Crippen molar-refractivity contribution in [2.45, 2.75) is 25.3 Å². The minimum atomic E-state index is -0.441. The fraction of sp³-hybridized carbons (Fsp3) is 0.429. The van der Waals surface area contributed by atoms with E-state index in [1.807, 2.05) is 18.2 Å². The lowest BCUT2D eigenvalue weighted by atomic mass is 10.0.